The summed E-state index contributed by atoms with van der Waals surface area (Å²) in [5.74, 6) is -0.986. The number of nitrogens with zero attached hydrogens (tertiary/aromatic N) is 4. The van der Waals surface area contributed by atoms with Gasteiger partial charge in [0.25, 0.3) is 17.5 Å². The number of benzene rings is 1. The number of furan rings is 1. The number of piperazine rings is 1. The van der Waals surface area contributed by atoms with E-state index in [2.05, 4.69) is 10.2 Å². The smallest absolute Gasteiger partial charge is 0.331 e. The molecular formula is C20H19N5O6. The molecule has 160 valence electrons. The van der Waals surface area contributed by atoms with Gasteiger partial charge in [-0.15, -0.1) is 0 Å². The largest absolute Gasteiger partial charge is 0.467 e. The van der Waals surface area contributed by atoms with Crippen molar-refractivity contribution in [1.29, 1.82) is 0 Å². The summed E-state index contributed by atoms with van der Waals surface area (Å²) >= 11 is 0. The number of urea groups is 1. The molecule has 4 rings (SSSR count). The minimum absolute atomic E-state index is 0.0302. The highest BCUT2D eigenvalue weighted by atomic mass is 16.6. The first kappa shape index (κ1) is 20.1. The average Bonchev–Trinajstić information content (AvgIpc) is 3.28. The number of amides is 4. The molecule has 0 aliphatic carbocycles. The number of non-ortho nitro benzene ring substituents is 1. The van der Waals surface area contributed by atoms with Crippen LogP contribution in [0.2, 0.25) is 0 Å². The van der Waals surface area contributed by atoms with Gasteiger partial charge in [0.15, 0.2) is 0 Å². The Bertz CT molecular complexity index is 1040. The lowest BCUT2D eigenvalue weighted by molar-refractivity contribution is -0.384. The number of anilines is 1. The molecule has 0 radical (unpaired) electrons. The van der Waals surface area contributed by atoms with Gasteiger partial charge in [0.1, 0.15) is 11.3 Å². The predicted octanol–water partition coefficient (Wildman–Crippen LogP) is 1.47. The number of imide groups is 2. The molecule has 11 heteroatoms. The summed E-state index contributed by atoms with van der Waals surface area (Å²) in [5.41, 5.74) is 0.775. The van der Waals surface area contributed by atoms with Crippen LogP contribution in [0.5, 0.6) is 0 Å². The Kier molecular flexibility index (Phi) is 5.39. The highest BCUT2D eigenvalue weighted by Gasteiger charge is 2.37. The standard InChI is InChI=1S/C20H19N5O6/c26-18-17(19(27)24(20(28)21-18)12-16-2-1-11-31-16)13-22-7-9-23(10-8-22)14-3-5-15(6-4-14)25(29)30/h1-6,11,13H,7-10,12H2,(H,21,26,28)/b17-13-. The number of nitro benzene ring substituents is 1. The van der Waals surface area contributed by atoms with Crippen molar-refractivity contribution in [1.82, 2.24) is 15.1 Å². The van der Waals surface area contributed by atoms with Gasteiger partial charge in [0.2, 0.25) is 0 Å². The molecule has 31 heavy (non-hydrogen) atoms. The van der Waals surface area contributed by atoms with Crippen LogP contribution in [0.4, 0.5) is 16.2 Å². The van der Waals surface area contributed by atoms with Crippen molar-refractivity contribution in [3.63, 3.8) is 0 Å². The van der Waals surface area contributed by atoms with Crippen LogP contribution in [0.15, 0.2) is 58.9 Å². The number of nitro groups is 1. The number of carbonyl (C=O) groups excluding carboxylic acids is 3. The molecule has 2 aliphatic heterocycles. The Balaban J connectivity index is 1.42. The van der Waals surface area contributed by atoms with Crippen molar-refractivity contribution >= 4 is 29.2 Å². The number of hydrogen-bond acceptors (Lipinski definition) is 8. The van der Waals surface area contributed by atoms with E-state index in [0.29, 0.717) is 31.9 Å². The molecular weight excluding hydrogens is 406 g/mol. The van der Waals surface area contributed by atoms with Crippen molar-refractivity contribution in [3.8, 4) is 0 Å². The van der Waals surface area contributed by atoms with Gasteiger partial charge >= 0.3 is 6.03 Å². The van der Waals surface area contributed by atoms with Gasteiger partial charge < -0.3 is 14.2 Å². The van der Waals surface area contributed by atoms with Crippen LogP contribution < -0.4 is 10.2 Å². The van der Waals surface area contributed by atoms with Crippen molar-refractivity contribution in [3.05, 3.63) is 70.3 Å². The Labute approximate surface area is 176 Å². The van der Waals surface area contributed by atoms with Crippen molar-refractivity contribution in [2.24, 2.45) is 0 Å². The van der Waals surface area contributed by atoms with Crippen molar-refractivity contribution < 1.29 is 23.7 Å². The van der Waals surface area contributed by atoms with Crippen LogP contribution in [-0.2, 0) is 16.1 Å². The molecule has 4 amide bonds. The molecule has 2 saturated heterocycles. The van der Waals surface area contributed by atoms with Gasteiger partial charge in [-0.05, 0) is 24.3 Å². The highest BCUT2D eigenvalue weighted by molar-refractivity contribution is 6.28. The Morgan fingerprint density at radius 2 is 1.77 bits per heavy atom. The third-order valence-corrected chi connectivity index (χ3v) is 5.13. The summed E-state index contributed by atoms with van der Waals surface area (Å²) in [4.78, 5) is 52.3. The van der Waals surface area contributed by atoms with Crippen molar-refractivity contribution in [2.45, 2.75) is 6.54 Å². The van der Waals surface area contributed by atoms with E-state index in [-0.39, 0.29) is 17.8 Å². The summed E-state index contributed by atoms with van der Waals surface area (Å²) in [6, 6.07) is 8.81. The predicted molar refractivity (Wildman–Crippen MR) is 108 cm³/mol. The van der Waals surface area contributed by atoms with E-state index in [4.69, 9.17) is 4.42 Å². The number of carbonyl (C=O) groups is 3. The minimum atomic E-state index is -0.786. The van der Waals surface area contributed by atoms with Crippen LogP contribution in [0.3, 0.4) is 0 Å². The van der Waals surface area contributed by atoms with Crippen LogP contribution in [0.1, 0.15) is 5.76 Å². The molecule has 0 atom stereocenters. The lowest BCUT2D eigenvalue weighted by atomic mass is 10.1. The zero-order valence-corrected chi connectivity index (χ0v) is 16.4. The topological polar surface area (TPSA) is 129 Å². The maximum Gasteiger partial charge on any atom is 0.331 e. The molecule has 1 N–H and O–H groups in total. The molecule has 1 aromatic heterocycles. The van der Waals surface area contributed by atoms with E-state index in [0.717, 1.165) is 10.6 Å². The van der Waals surface area contributed by atoms with Crippen molar-refractivity contribution in [2.75, 3.05) is 31.1 Å². The summed E-state index contributed by atoms with van der Waals surface area (Å²) in [7, 11) is 0. The minimum Gasteiger partial charge on any atom is -0.467 e. The second kappa shape index (κ2) is 8.30. The van der Waals surface area contributed by atoms with Gasteiger partial charge in [0.05, 0.1) is 17.7 Å². The molecule has 11 nitrogen and oxygen atoms in total. The summed E-state index contributed by atoms with van der Waals surface area (Å²) < 4.78 is 5.19. The van der Waals surface area contributed by atoms with Gasteiger partial charge in [-0.2, -0.15) is 0 Å². The van der Waals surface area contributed by atoms with Crippen LogP contribution in [-0.4, -0.2) is 58.7 Å². The zero-order valence-electron chi connectivity index (χ0n) is 16.4. The van der Waals surface area contributed by atoms with Crippen LogP contribution in [0, 0.1) is 10.1 Å². The maximum absolute atomic E-state index is 12.8. The molecule has 0 unspecified atom stereocenters. The molecule has 0 bridgehead atoms. The fraction of sp³-hybridized carbons (Fsp3) is 0.250. The first-order valence-corrected chi connectivity index (χ1v) is 9.57. The number of hydrogen-bond donors (Lipinski definition) is 1. The summed E-state index contributed by atoms with van der Waals surface area (Å²) in [6.07, 6.45) is 2.92. The van der Waals surface area contributed by atoms with E-state index in [1.807, 2.05) is 4.90 Å². The molecule has 2 aliphatic rings. The Morgan fingerprint density at radius 1 is 1.06 bits per heavy atom. The Hall–Kier alpha value is -4.15. The normalized spacial score (nSPS) is 18.5. The number of rotatable bonds is 5. The van der Waals surface area contributed by atoms with E-state index in [1.165, 1.54) is 24.6 Å². The second-order valence-corrected chi connectivity index (χ2v) is 7.07. The van der Waals surface area contributed by atoms with Crippen LogP contribution in [0.25, 0.3) is 0 Å². The SMILES string of the molecule is O=C1NC(=O)N(Cc2ccco2)C(=O)/C1=C\N1CCN(c2ccc([N+](=O)[O-])cc2)CC1. The zero-order chi connectivity index (χ0) is 22.0. The molecule has 3 heterocycles. The summed E-state index contributed by atoms with van der Waals surface area (Å²) in [6.45, 7) is 2.20. The summed E-state index contributed by atoms with van der Waals surface area (Å²) in [5, 5.41) is 13.0. The van der Waals surface area contributed by atoms with Gasteiger partial charge in [-0.25, -0.2) is 4.79 Å². The van der Waals surface area contributed by atoms with Gasteiger partial charge in [-0.1, -0.05) is 0 Å². The molecule has 0 spiro atoms. The van der Waals surface area contributed by atoms with E-state index in [9.17, 15) is 24.5 Å². The fourth-order valence-electron chi connectivity index (χ4n) is 3.46. The van der Waals surface area contributed by atoms with E-state index < -0.39 is 22.8 Å². The fourth-order valence-corrected chi connectivity index (χ4v) is 3.46. The monoisotopic (exact) mass is 425 g/mol. The molecule has 1 aromatic carbocycles. The van der Waals surface area contributed by atoms with Crippen LogP contribution >= 0.6 is 0 Å². The lowest BCUT2D eigenvalue weighted by Gasteiger charge is -2.36. The molecule has 0 saturated carbocycles. The Morgan fingerprint density at radius 3 is 2.39 bits per heavy atom. The third-order valence-electron chi connectivity index (χ3n) is 5.13. The second-order valence-electron chi connectivity index (χ2n) is 7.07. The average molecular weight is 425 g/mol. The van der Waals surface area contributed by atoms with E-state index in [1.54, 1.807) is 24.3 Å². The molecule has 2 aromatic rings. The van der Waals surface area contributed by atoms with Gasteiger partial charge in [-0.3, -0.25) is 29.9 Å². The number of barbiturate groups is 1. The highest BCUT2D eigenvalue weighted by Crippen LogP contribution is 2.21. The van der Waals surface area contributed by atoms with E-state index >= 15 is 0 Å². The first-order valence-electron chi connectivity index (χ1n) is 9.57. The van der Waals surface area contributed by atoms with Gasteiger partial charge in [0, 0.05) is 50.2 Å². The third kappa shape index (κ3) is 4.25. The lowest BCUT2D eigenvalue weighted by Crippen LogP contribution is -2.54. The number of nitrogens with one attached hydrogen (secondary N) is 1. The first-order chi connectivity index (χ1) is 14.9. The quantitative estimate of drug-likeness (QED) is 0.330. The molecule has 2 fully saturated rings. The maximum atomic E-state index is 12.8.